The van der Waals surface area contributed by atoms with Crippen LogP contribution in [0.3, 0.4) is 0 Å². The van der Waals surface area contributed by atoms with E-state index < -0.39 is 17.7 Å². The Morgan fingerprint density at radius 1 is 1.24 bits per heavy atom. The summed E-state index contributed by atoms with van der Waals surface area (Å²) in [4.78, 5) is 0. The molecular formula is C13H19F2NO. The van der Waals surface area contributed by atoms with Gasteiger partial charge in [0.05, 0.1) is 6.10 Å². The Morgan fingerprint density at radius 3 is 2.59 bits per heavy atom. The predicted molar refractivity (Wildman–Crippen MR) is 63.8 cm³/mol. The Balaban J connectivity index is 2.44. The second kappa shape index (κ2) is 6.67. The van der Waals surface area contributed by atoms with Crippen LogP contribution in [0.2, 0.25) is 0 Å². The molecule has 0 saturated heterocycles. The number of aliphatic hydroxyl groups excluding tert-OH is 1. The van der Waals surface area contributed by atoms with Crippen LogP contribution in [0.25, 0.3) is 0 Å². The molecule has 0 bridgehead atoms. The predicted octanol–water partition coefficient (Wildman–Crippen LogP) is 2.11. The summed E-state index contributed by atoms with van der Waals surface area (Å²) in [7, 11) is 0. The van der Waals surface area contributed by atoms with Crippen molar-refractivity contribution in [3.8, 4) is 0 Å². The molecule has 0 amide bonds. The van der Waals surface area contributed by atoms with E-state index in [2.05, 4.69) is 19.2 Å². The van der Waals surface area contributed by atoms with Crippen LogP contribution < -0.4 is 5.32 Å². The minimum atomic E-state index is -0.704. The normalized spacial score (nSPS) is 13.1. The summed E-state index contributed by atoms with van der Waals surface area (Å²) < 4.78 is 26.2. The molecule has 0 heterocycles. The van der Waals surface area contributed by atoms with Crippen molar-refractivity contribution in [2.75, 3.05) is 13.1 Å². The van der Waals surface area contributed by atoms with Crippen LogP contribution in [0.1, 0.15) is 19.4 Å². The lowest BCUT2D eigenvalue weighted by Gasteiger charge is -2.13. The number of hydrogen-bond donors (Lipinski definition) is 2. The summed E-state index contributed by atoms with van der Waals surface area (Å²) in [5, 5.41) is 12.8. The smallest absolute Gasteiger partial charge is 0.126 e. The van der Waals surface area contributed by atoms with Gasteiger partial charge in [-0.1, -0.05) is 13.8 Å². The zero-order valence-corrected chi connectivity index (χ0v) is 10.2. The molecule has 1 aromatic carbocycles. The van der Waals surface area contributed by atoms with E-state index in [-0.39, 0.29) is 12.0 Å². The van der Waals surface area contributed by atoms with Crippen molar-refractivity contribution in [1.82, 2.24) is 5.32 Å². The largest absolute Gasteiger partial charge is 0.391 e. The summed E-state index contributed by atoms with van der Waals surface area (Å²) >= 11 is 0. The van der Waals surface area contributed by atoms with Gasteiger partial charge >= 0.3 is 0 Å². The van der Waals surface area contributed by atoms with Gasteiger partial charge in [0.2, 0.25) is 0 Å². The van der Waals surface area contributed by atoms with Crippen molar-refractivity contribution < 1.29 is 13.9 Å². The highest BCUT2D eigenvalue weighted by molar-refractivity contribution is 5.19. The molecule has 0 aliphatic heterocycles. The van der Waals surface area contributed by atoms with Crippen molar-refractivity contribution in [2.45, 2.75) is 26.4 Å². The maximum absolute atomic E-state index is 13.3. The average molecular weight is 243 g/mol. The van der Waals surface area contributed by atoms with Crippen molar-refractivity contribution in [3.05, 3.63) is 35.4 Å². The van der Waals surface area contributed by atoms with Crippen LogP contribution in [0, 0.1) is 17.6 Å². The molecule has 1 rings (SSSR count). The minimum Gasteiger partial charge on any atom is -0.391 e. The van der Waals surface area contributed by atoms with Gasteiger partial charge in [0, 0.05) is 13.0 Å². The number of nitrogens with one attached hydrogen (secondary N) is 1. The van der Waals surface area contributed by atoms with Gasteiger partial charge in [-0.05, 0) is 36.2 Å². The zero-order chi connectivity index (χ0) is 12.8. The quantitative estimate of drug-likeness (QED) is 0.802. The van der Waals surface area contributed by atoms with Gasteiger partial charge in [-0.15, -0.1) is 0 Å². The summed E-state index contributed by atoms with van der Waals surface area (Å²) in [5.41, 5.74) is 0.212. The van der Waals surface area contributed by atoms with E-state index in [1.807, 2.05) is 0 Å². The highest BCUT2D eigenvalue weighted by Gasteiger charge is 2.10. The number of hydrogen-bond acceptors (Lipinski definition) is 2. The fourth-order valence-corrected chi connectivity index (χ4v) is 1.56. The van der Waals surface area contributed by atoms with E-state index in [9.17, 15) is 13.9 Å². The Hall–Kier alpha value is -1.00. The van der Waals surface area contributed by atoms with Gasteiger partial charge in [-0.3, -0.25) is 0 Å². The molecule has 0 aliphatic rings. The first-order valence-electron chi connectivity index (χ1n) is 5.81. The molecule has 2 N–H and O–H groups in total. The van der Waals surface area contributed by atoms with Gasteiger partial charge in [0.15, 0.2) is 0 Å². The average Bonchev–Trinajstić information content (AvgIpc) is 2.23. The van der Waals surface area contributed by atoms with E-state index in [0.717, 1.165) is 24.7 Å². The molecule has 4 heteroatoms. The van der Waals surface area contributed by atoms with E-state index in [1.54, 1.807) is 0 Å². The fraction of sp³-hybridized carbons (Fsp3) is 0.538. The van der Waals surface area contributed by atoms with E-state index in [1.165, 1.54) is 0 Å². The van der Waals surface area contributed by atoms with Crippen LogP contribution in [-0.2, 0) is 6.42 Å². The van der Waals surface area contributed by atoms with Crippen LogP contribution in [0.4, 0.5) is 8.78 Å². The molecule has 17 heavy (non-hydrogen) atoms. The first kappa shape index (κ1) is 14.1. The maximum atomic E-state index is 13.3. The first-order chi connectivity index (χ1) is 7.99. The van der Waals surface area contributed by atoms with Crippen molar-refractivity contribution in [1.29, 1.82) is 0 Å². The highest BCUT2D eigenvalue weighted by Crippen LogP contribution is 2.11. The Morgan fingerprint density at radius 2 is 1.94 bits per heavy atom. The van der Waals surface area contributed by atoms with Crippen molar-refractivity contribution >= 4 is 0 Å². The van der Waals surface area contributed by atoms with Crippen molar-refractivity contribution in [3.63, 3.8) is 0 Å². The fourth-order valence-electron chi connectivity index (χ4n) is 1.56. The standard InChI is InChI=1S/C13H19F2NO/c1-9(2)7-16-8-12(17)6-10-5-11(14)3-4-13(10)15/h3-5,9,12,16-17H,6-8H2,1-2H3. The summed E-state index contributed by atoms with van der Waals surface area (Å²) in [6.07, 6.45) is -0.584. The van der Waals surface area contributed by atoms with Gasteiger partial charge in [0.1, 0.15) is 11.6 Å². The highest BCUT2D eigenvalue weighted by atomic mass is 19.1. The first-order valence-corrected chi connectivity index (χ1v) is 5.81. The van der Waals surface area contributed by atoms with Gasteiger partial charge in [0.25, 0.3) is 0 Å². The molecule has 0 saturated carbocycles. The maximum Gasteiger partial charge on any atom is 0.126 e. The molecule has 0 radical (unpaired) electrons. The second-order valence-corrected chi connectivity index (χ2v) is 4.65. The molecule has 1 unspecified atom stereocenters. The monoisotopic (exact) mass is 243 g/mol. The molecule has 0 fully saturated rings. The molecule has 1 aromatic rings. The third-order valence-corrected chi connectivity index (χ3v) is 2.40. The van der Waals surface area contributed by atoms with Crippen LogP contribution in [-0.4, -0.2) is 24.3 Å². The number of rotatable bonds is 6. The molecule has 96 valence electrons. The Labute approximate surface area is 101 Å². The lowest BCUT2D eigenvalue weighted by molar-refractivity contribution is 0.169. The second-order valence-electron chi connectivity index (χ2n) is 4.65. The molecular weight excluding hydrogens is 224 g/mol. The summed E-state index contributed by atoms with van der Waals surface area (Å²) in [6.45, 7) is 5.30. The third kappa shape index (κ3) is 5.24. The SMILES string of the molecule is CC(C)CNCC(O)Cc1cc(F)ccc1F. The zero-order valence-electron chi connectivity index (χ0n) is 10.2. The topological polar surface area (TPSA) is 32.3 Å². The molecule has 2 nitrogen and oxygen atoms in total. The molecule has 0 aromatic heterocycles. The number of halogens is 2. The van der Waals surface area contributed by atoms with Gasteiger partial charge < -0.3 is 10.4 Å². The summed E-state index contributed by atoms with van der Waals surface area (Å²) in [5.74, 6) is -0.467. The van der Waals surface area contributed by atoms with Crippen molar-refractivity contribution in [2.24, 2.45) is 5.92 Å². The molecule has 0 spiro atoms. The number of aliphatic hydroxyl groups is 1. The Kier molecular flexibility index (Phi) is 5.51. The van der Waals surface area contributed by atoms with E-state index in [4.69, 9.17) is 0 Å². The van der Waals surface area contributed by atoms with Crippen LogP contribution in [0.5, 0.6) is 0 Å². The van der Waals surface area contributed by atoms with Gasteiger partial charge in [-0.25, -0.2) is 8.78 Å². The summed E-state index contributed by atoms with van der Waals surface area (Å²) in [6, 6.07) is 3.28. The third-order valence-electron chi connectivity index (χ3n) is 2.40. The van der Waals surface area contributed by atoms with E-state index in [0.29, 0.717) is 12.5 Å². The minimum absolute atomic E-state index is 0.120. The van der Waals surface area contributed by atoms with Crippen LogP contribution in [0.15, 0.2) is 18.2 Å². The van der Waals surface area contributed by atoms with E-state index >= 15 is 0 Å². The Bertz CT molecular complexity index is 355. The lowest BCUT2D eigenvalue weighted by Crippen LogP contribution is -2.31. The van der Waals surface area contributed by atoms with Gasteiger partial charge in [-0.2, -0.15) is 0 Å². The number of benzene rings is 1. The molecule has 1 atom stereocenters. The lowest BCUT2D eigenvalue weighted by atomic mass is 10.1. The molecule has 0 aliphatic carbocycles. The van der Waals surface area contributed by atoms with Crippen LogP contribution >= 0.6 is 0 Å².